The van der Waals surface area contributed by atoms with Gasteiger partial charge in [-0.3, -0.25) is 4.79 Å². The Morgan fingerprint density at radius 3 is 2.79 bits per heavy atom. The Kier molecular flexibility index (Phi) is 2.62. The molecule has 0 aromatic carbocycles. The van der Waals surface area contributed by atoms with Crippen LogP contribution in [0.25, 0.3) is 0 Å². The van der Waals surface area contributed by atoms with E-state index in [4.69, 9.17) is 11.6 Å². The van der Waals surface area contributed by atoms with Crippen LogP contribution in [0.1, 0.15) is 41.7 Å². The minimum absolute atomic E-state index is 0.0504. The smallest absolute Gasteiger partial charge is 0.162 e. The molecule has 0 saturated heterocycles. The second-order valence-corrected chi connectivity index (χ2v) is 4.74. The van der Waals surface area contributed by atoms with E-state index in [1.165, 1.54) is 19.8 Å². The number of hydrogen-bond acceptors (Lipinski definition) is 2. The zero-order chi connectivity index (χ0) is 10.3. The van der Waals surface area contributed by atoms with Crippen molar-refractivity contribution in [3.63, 3.8) is 0 Å². The van der Waals surface area contributed by atoms with Crippen LogP contribution in [-0.4, -0.2) is 10.8 Å². The van der Waals surface area contributed by atoms with Gasteiger partial charge in [-0.1, -0.05) is 11.6 Å². The fourth-order valence-electron chi connectivity index (χ4n) is 1.37. The van der Waals surface area contributed by atoms with Crippen molar-refractivity contribution in [1.82, 2.24) is 4.98 Å². The Bertz CT molecular complexity index is 401. The molecule has 1 heterocycles. The lowest BCUT2D eigenvalue weighted by molar-refractivity contribution is 0.101. The third-order valence-corrected chi connectivity index (χ3v) is 3.22. The number of carbonyl (C=O) groups excluding carboxylic acids is 1. The summed E-state index contributed by atoms with van der Waals surface area (Å²) in [5.41, 5.74) is 1.47. The number of hydrogen-bond donors (Lipinski definition) is 0. The molecular weight excluding hydrogens is 265 g/mol. The van der Waals surface area contributed by atoms with Crippen LogP contribution in [0.3, 0.4) is 0 Å². The standard InChI is InChI=1S/C10H9BrClNO/c1-5(14)7-4-8(11)9(6-2-3-6)13-10(7)12/h4,6H,2-3H2,1H3. The number of rotatable bonds is 2. The molecule has 2 nitrogen and oxygen atoms in total. The van der Waals surface area contributed by atoms with Gasteiger partial charge >= 0.3 is 0 Å². The summed E-state index contributed by atoms with van der Waals surface area (Å²) in [6.07, 6.45) is 2.34. The molecule has 0 N–H and O–H groups in total. The van der Waals surface area contributed by atoms with Gasteiger partial charge < -0.3 is 0 Å². The van der Waals surface area contributed by atoms with E-state index in [-0.39, 0.29) is 5.78 Å². The molecule has 14 heavy (non-hydrogen) atoms. The number of carbonyl (C=O) groups is 1. The molecule has 0 amide bonds. The first kappa shape index (κ1) is 10.1. The minimum atomic E-state index is -0.0504. The highest BCUT2D eigenvalue weighted by molar-refractivity contribution is 9.10. The SMILES string of the molecule is CC(=O)c1cc(Br)c(C2CC2)nc1Cl. The molecule has 4 heteroatoms. The Morgan fingerprint density at radius 2 is 2.29 bits per heavy atom. The van der Waals surface area contributed by atoms with E-state index in [9.17, 15) is 4.79 Å². The van der Waals surface area contributed by atoms with Gasteiger partial charge in [-0.25, -0.2) is 4.98 Å². The Labute approximate surface area is 95.8 Å². The van der Waals surface area contributed by atoms with E-state index in [1.807, 2.05) is 0 Å². The molecule has 0 unspecified atom stereocenters. The van der Waals surface area contributed by atoms with Gasteiger partial charge in [-0.05, 0) is 41.8 Å². The topological polar surface area (TPSA) is 30.0 Å². The van der Waals surface area contributed by atoms with Gasteiger partial charge in [0.25, 0.3) is 0 Å². The van der Waals surface area contributed by atoms with Gasteiger partial charge in [0.05, 0.1) is 11.3 Å². The highest BCUT2D eigenvalue weighted by Crippen LogP contribution is 2.43. The van der Waals surface area contributed by atoms with Gasteiger partial charge in [-0.15, -0.1) is 0 Å². The summed E-state index contributed by atoms with van der Waals surface area (Å²) in [4.78, 5) is 15.4. The molecule has 0 aliphatic heterocycles. The van der Waals surface area contributed by atoms with E-state index < -0.39 is 0 Å². The lowest BCUT2D eigenvalue weighted by Gasteiger charge is -2.05. The number of Topliss-reactive ketones (excluding diaryl/α,β-unsaturated/α-hetero) is 1. The maximum atomic E-state index is 11.2. The Hall–Kier alpha value is -0.410. The number of pyridine rings is 1. The maximum Gasteiger partial charge on any atom is 0.162 e. The molecule has 0 radical (unpaired) electrons. The molecule has 0 spiro atoms. The van der Waals surface area contributed by atoms with E-state index >= 15 is 0 Å². The second kappa shape index (κ2) is 3.63. The van der Waals surface area contributed by atoms with Crippen LogP contribution in [0, 0.1) is 0 Å². The lowest BCUT2D eigenvalue weighted by Crippen LogP contribution is -1.99. The largest absolute Gasteiger partial charge is 0.294 e. The monoisotopic (exact) mass is 273 g/mol. The summed E-state index contributed by atoms with van der Waals surface area (Å²) < 4.78 is 0.898. The quantitative estimate of drug-likeness (QED) is 0.609. The molecule has 2 rings (SSSR count). The van der Waals surface area contributed by atoms with E-state index in [2.05, 4.69) is 20.9 Å². The first-order chi connectivity index (χ1) is 6.59. The van der Waals surface area contributed by atoms with E-state index in [1.54, 1.807) is 6.07 Å². The fraction of sp³-hybridized carbons (Fsp3) is 0.400. The van der Waals surface area contributed by atoms with Crippen molar-refractivity contribution in [2.45, 2.75) is 25.7 Å². The molecule has 0 atom stereocenters. The van der Waals surface area contributed by atoms with Crippen LogP contribution in [-0.2, 0) is 0 Å². The first-order valence-electron chi connectivity index (χ1n) is 4.46. The zero-order valence-electron chi connectivity index (χ0n) is 7.68. The maximum absolute atomic E-state index is 11.2. The van der Waals surface area contributed by atoms with Crippen molar-refractivity contribution in [2.75, 3.05) is 0 Å². The Balaban J connectivity index is 2.48. The molecule has 74 valence electrons. The van der Waals surface area contributed by atoms with Crippen molar-refractivity contribution in [2.24, 2.45) is 0 Å². The number of nitrogens with zero attached hydrogens (tertiary/aromatic N) is 1. The zero-order valence-corrected chi connectivity index (χ0v) is 10.0. The molecule has 1 fully saturated rings. The lowest BCUT2D eigenvalue weighted by atomic mass is 10.1. The highest BCUT2D eigenvalue weighted by atomic mass is 79.9. The minimum Gasteiger partial charge on any atom is -0.294 e. The summed E-state index contributed by atoms with van der Waals surface area (Å²) in [6, 6.07) is 1.77. The summed E-state index contributed by atoms with van der Waals surface area (Å²) in [5.74, 6) is 0.480. The van der Waals surface area contributed by atoms with Crippen molar-refractivity contribution in [1.29, 1.82) is 0 Å². The van der Waals surface area contributed by atoms with Crippen LogP contribution in [0.15, 0.2) is 10.5 Å². The van der Waals surface area contributed by atoms with Gasteiger partial charge in [-0.2, -0.15) is 0 Å². The van der Waals surface area contributed by atoms with E-state index in [0.717, 1.165) is 10.2 Å². The molecule has 1 aromatic rings. The Morgan fingerprint density at radius 1 is 1.64 bits per heavy atom. The summed E-state index contributed by atoms with van der Waals surface area (Å²) in [7, 11) is 0. The average Bonchev–Trinajstić information content (AvgIpc) is 2.91. The first-order valence-corrected chi connectivity index (χ1v) is 5.63. The molecular formula is C10H9BrClNO. The summed E-state index contributed by atoms with van der Waals surface area (Å²) in [6.45, 7) is 1.49. The van der Waals surface area contributed by atoms with Crippen molar-refractivity contribution in [3.05, 3.63) is 26.9 Å². The van der Waals surface area contributed by atoms with Crippen LogP contribution >= 0.6 is 27.5 Å². The molecule has 1 aliphatic carbocycles. The van der Waals surface area contributed by atoms with Crippen molar-refractivity contribution < 1.29 is 4.79 Å². The van der Waals surface area contributed by atoms with Gasteiger partial charge in [0.15, 0.2) is 5.78 Å². The van der Waals surface area contributed by atoms with Gasteiger partial charge in [0.2, 0.25) is 0 Å². The van der Waals surface area contributed by atoms with Crippen LogP contribution in [0.4, 0.5) is 0 Å². The predicted molar refractivity (Wildman–Crippen MR) is 58.9 cm³/mol. The average molecular weight is 275 g/mol. The third-order valence-electron chi connectivity index (χ3n) is 2.30. The normalized spacial score (nSPS) is 15.6. The molecule has 1 saturated carbocycles. The third kappa shape index (κ3) is 1.84. The summed E-state index contributed by atoms with van der Waals surface area (Å²) >= 11 is 9.33. The fourth-order valence-corrected chi connectivity index (χ4v) is 2.29. The second-order valence-electron chi connectivity index (χ2n) is 3.52. The molecule has 1 aromatic heterocycles. The predicted octanol–water partition coefficient (Wildman–Crippen LogP) is 3.58. The van der Waals surface area contributed by atoms with Crippen molar-refractivity contribution in [3.8, 4) is 0 Å². The molecule has 1 aliphatic rings. The molecule has 0 bridgehead atoms. The number of halogens is 2. The number of ketones is 1. The van der Waals surface area contributed by atoms with Crippen LogP contribution in [0.2, 0.25) is 5.15 Å². The number of aromatic nitrogens is 1. The van der Waals surface area contributed by atoms with Gasteiger partial charge in [0.1, 0.15) is 5.15 Å². The van der Waals surface area contributed by atoms with Crippen LogP contribution in [0.5, 0.6) is 0 Å². The van der Waals surface area contributed by atoms with Crippen LogP contribution < -0.4 is 0 Å². The van der Waals surface area contributed by atoms with E-state index in [0.29, 0.717) is 16.6 Å². The summed E-state index contributed by atoms with van der Waals surface area (Å²) in [5, 5.41) is 0.322. The highest BCUT2D eigenvalue weighted by Gasteiger charge is 2.28. The van der Waals surface area contributed by atoms with Crippen molar-refractivity contribution >= 4 is 33.3 Å². The van der Waals surface area contributed by atoms with Gasteiger partial charge in [0, 0.05) is 10.4 Å².